The van der Waals surface area contributed by atoms with E-state index in [9.17, 15) is 9.59 Å². The zero-order valence-electron chi connectivity index (χ0n) is 15.5. The third-order valence-electron chi connectivity index (χ3n) is 6.66. The number of ether oxygens (including phenoxy) is 3. The third kappa shape index (κ3) is 3.62. The lowest BCUT2D eigenvalue weighted by atomic mass is 9.70. The summed E-state index contributed by atoms with van der Waals surface area (Å²) in [5.41, 5.74) is 0.544. The summed E-state index contributed by atoms with van der Waals surface area (Å²) >= 11 is 0. The molecule has 0 saturated heterocycles. The molecular weight excluding hydrogens is 320 g/mol. The molecule has 25 heavy (non-hydrogen) atoms. The van der Waals surface area contributed by atoms with E-state index in [1.54, 1.807) is 6.92 Å². The van der Waals surface area contributed by atoms with Gasteiger partial charge in [0, 0.05) is 19.6 Å². The Morgan fingerprint density at radius 2 is 1.68 bits per heavy atom. The minimum atomic E-state index is -0.318. The summed E-state index contributed by atoms with van der Waals surface area (Å²) in [4.78, 5) is 21.6. The van der Waals surface area contributed by atoms with Crippen LogP contribution in [0.25, 0.3) is 0 Å². The quantitative estimate of drug-likeness (QED) is 0.337. The molecule has 4 aliphatic carbocycles. The first-order valence-corrected chi connectivity index (χ1v) is 9.41. The first-order valence-electron chi connectivity index (χ1n) is 9.41. The molecule has 5 heteroatoms. The average molecular weight is 350 g/mol. The molecule has 0 aromatic heterocycles. The molecule has 4 saturated carbocycles. The maximum absolute atomic E-state index is 11.7. The predicted molar refractivity (Wildman–Crippen MR) is 92.4 cm³/mol. The molecular formula is C20H30O5. The second-order valence-electron chi connectivity index (χ2n) is 8.15. The fourth-order valence-electron chi connectivity index (χ4n) is 6.02. The summed E-state index contributed by atoms with van der Waals surface area (Å²) in [7, 11) is 1.46. The SMILES string of the molecule is C=C(C)C(=O)OC1CC2CC1C1C3CCC(C3)C21.COCOC(C)=O. The van der Waals surface area contributed by atoms with Gasteiger partial charge in [-0.2, -0.15) is 0 Å². The average Bonchev–Trinajstić information content (AvgIpc) is 3.31. The lowest BCUT2D eigenvalue weighted by molar-refractivity contribution is -0.151. The number of carbonyl (C=O) groups is 2. The van der Waals surface area contributed by atoms with Crippen LogP contribution in [0, 0.1) is 35.5 Å². The molecule has 0 aliphatic heterocycles. The van der Waals surface area contributed by atoms with Crippen LogP contribution in [-0.2, 0) is 23.8 Å². The van der Waals surface area contributed by atoms with Crippen molar-refractivity contribution in [3.05, 3.63) is 12.2 Å². The smallest absolute Gasteiger partial charge is 0.333 e. The van der Waals surface area contributed by atoms with Crippen molar-refractivity contribution in [1.29, 1.82) is 0 Å². The van der Waals surface area contributed by atoms with Crippen LogP contribution in [-0.4, -0.2) is 31.9 Å². The van der Waals surface area contributed by atoms with Crippen LogP contribution < -0.4 is 0 Å². The van der Waals surface area contributed by atoms with Crippen LogP contribution in [0.5, 0.6) is 0 Å². The first kappa shape index (κ1) is 18.4. The van der Waals surface area contributed by atoms with E-state index in [-0.39, 0.29) is 24.8 Å². The second kappa shape index (κ2) is 7.48. The van der Waals surface area contributed by atoms with Crippen LogP contribution in [0.4, 0.5) is 0 Å². The number of hydrogen-bond acceptors (Lipinski definition) is 5. The molecule has 4 fully saturated rings. The van der Waals surface area contributed by atoms with E-state index in [0.29, 0.717) is 11.5 Å². The van der Waals surface area contributed by atoms with E-state index in [1.165, 1.54) is 39.7 Å². The second-order valence-corrected chi connectivity index (χ2v) is 8.15. The normalized spacial score (nSPS) is 39.4. The van der Waals surface area contributed by atoms with Gasteiger partial charge in [-0.25, -0.2) is 4.79 Å². The molecule has 5 nitrogen and oxygen atoms in total. The Morgan fingerprint density at radius 3 is 2.24 bits per heavy atom. The van der Waals surface area contributed by atoms with Crippen LogP contribution in [0.2, 0.25) is 0 Å². The number of hydrogen-bond donors (Lipinski definition) is 0. The highest BCUT2D eigenvalue weighted by atomic mass is 16.7. The molecule has 0 aromatic carbocycles. The van der Waals surface area contributed by atoms with Gasteiger partial charge in [-0.1, -0.05) is 6.58 Å². The monoisotopic (exact) mass is 350 g/mol. The van der Waals surface area contributed by atoms with Crippen molar-refractivity contribution < 1.29 is 23.8 Å². The fourth-order valence-corrected chi connectivity index (χ4v) is 6.02. The number of rotatable bonds is 4. The Morgan fingerprint density at radius 1 is 1.00 bits per heavy atom. The molecule has 7 atom stereocenters. The Labute approximate surface area is 150 Å². The van der Waals surface area contributed by atoms with Gasteiger partial charge >= 0.3 is 11.9 Å². The summed E-state index contributed by atoms with van der Waals surface area (Å²) in [6, 6.07) is 0. The zero-order valence-corrected chi connectivity index (χ0v) is 15.5. The van der Waals surface area contributed by atoms with Crippen molar-refractivity contribution in [2.45, 2.75) is 52.1 Å². The number of fused-ring (bicyclic) bond motifs is 9. The van der Waals surface area contributed by atoms with E-state index < -0.39 is 0 Å². The number of methoxy groups -OCH3 is 1. The fraction of sp³-hybridized carbons (Fsp3) is 0.800. The Hall–Kier alpha value is -1.36. The summed E-state index contributed by atoms with van der Waals surface area (Å²) in [6.45, 7) is 6.82. The lowest BCUT2D eigenvalue weighted by Crippen LogP contribution is -2.37. The van der Waals surface area contributed by atoms with Crippen molar-refractivity contribution in [2.24, 2.45) is 35.5 Å². The van der Waals surface area contributed by atoms with Gasteiger partial charge in [-0.05, 0) is 74.5 Å². The molecule has 7 unspecified atom stereocenters. The van der Waals surface area contributed by atoms with Crippen LogP contribution >= 0.6 is 0 Å². The van der Waals surface area contributed by atoms with E-state index in [0.717, 1.165) is 36.0 Å². The highest BCUT2D eigenvalue weighted by Crippen LogP contribution is 2.67. The molecule has 4 rings (SSSR count). The molecule has 0 amide bonds. The number of carbonyl (C=O) groups excluding carboxylic acids is 2. The largest absolute Gasteiger partial charge is 0.459 e. The van der Waals surface area contributed by atoms with Crippen molar-refractivity contribution in [3.63, 3.8) is 0 Å². The minimum Gasteiger partial charge on any atom is -0.459 e. The van der Waals surface area contributed by atoms with Gasteiger partial charge in [0.2, 0.25) is 0 Å². The maximum Gasteiger partial charge on any atom is 0.333 e. The standard InChI is InChI=1S/C16H22O2.C4H8O3/c1-8(2)16(17)18-13-7-11-6-12(13)15-10-4-3-9(5-10)14(11)15;1-4(5)7-3-6-2/h9-15H,1,3-7H2,2H3;3H2,1-2H3. The Balaban J connectivity index is 0.000000225. The van der Waals surface area contributed by atoms with Gasteiger partial charge < -0.3 is 14.2 Å². The maximum atomic E-state index is 11.7. The molecule has 0 spiro atoms. The van der Waals surface area contributed by atoms with Gasteiger partial charge in [0.1, 0.15) is 6.10 Å². The van der Waals surface area contributed by atoms with Crippen LogP contribution in [0.1, 0.15) is 46.0 Å². The van der Waals surface area contributed by atoms with Gasteiger partial charge in [0.15, 0.2) is 6.79 Å². The zero-order chi connectivity index (χ0) is 18.1. The highest BCUT2D eigenvalue weighted by molar-refractivity contribution is 5.87. The molecule has 0 aromatic rings. The molecule has 4 bridgehead atoms. The minimum absolute atomic E-state index is 0.0509. The summed E-state index contributed by atoms with van der Waals surface area (Å²) in [5, 5.41) is 0. The Kier molecular flexibility index (Phi) is 5.52. The molecule has 0 radical (unpaired) electrons. The van der Waals surface area contributed by atoms with E-state index in [2.05, 4.69) is 16.1 Å². The van der Waals surface area contributed by atoms with Gasteiger partial charge in [0.05, 0.1) is 0 Å². The molecule has 0 heterocycles. The summed E-state index contributed by atoms with van der Waals surface area (Å²) in [6.07, 6.45) is 7.06. The Bertz CT molecular complexity index is 542. The topological polar surface area (TPSA) is 61.8 Å². The van der Waals surface area contributed by atoms with Gasteiger partial charge in [-0.15, -0.1) is 0 Å². The lowest BCUT2D eigenvalue weighted by Gasteiger charge is -2.38. The highest BCUT2D eigenvalue weighted by Gasteiger charge is 2.63. The summed E-state index contributed by atoms with van der Waals surface area (Å²) in [5.74, 6) is 4.92. The molecule has 140 valence electrons. The van der Waals surface area contributed by atoms with Crippen molar-refractivity contribution in [2.75, 3.05) is 13.9 Å². The third-order valence-corrected chi connectivity index (χ3v) is 6.66. The molecule has 0 N–H and O–H groups in total. The number of esters is 2. The van der Waals surface area contributed by atoms with Crippen LogP contribution in [0.15, 0.2) is 12.2 Å². The van der Waals surface area contributed by atoms with Crippen molar-refractivity contribution in [1.82, 2.24) is 0 Å². The van der Waals surface area contributed by atoms with Gasteiger partial charge in [0.25, 0.3) is 0 Å². The van der Waals surface area contributed by atoms with Gasteiger partial charge in [-0.3, -0.25) is 4.79 Å². The summed E-state index contributed by atoms with van der Waals surface area (Å²) < 4.78 is 14.4. The van der Waals surface area contributed by atoms with E-state index in [1.807, 2.05) is 0 Å². The predicted octanol–water partition coefficient (Wildman–Crippen LogP) is 3.33. The first-order chi connectivity index (χ1) is 11.9. The van der Waals surface area contributed by atoms with E-state index >= 15 is 0 Å². The van der Waals surface area contributed by atoms with Crippen molar-refractivity contribution in [3.8, 4) is 0 Å². The molecule has 4 aliphatic rings. The van der Waals surface area contributed by atoms with Crippen LogP contribution in [0.3, 0.4) is 0 Å². The van der Waals surface area contributed by atoms with E-state index in [4.69, 9.17) is 4.74 Å². The van der Waals surface area contributed by atoms with Crippen molar-refractivity contribution >= 4 is 11.9 Å².